The molecule has 0 radical (unpaired) electrons. The van der Waals surface area contributed by atoms with Gasteiger partial charge in [-0.1, -0.05) is 18.6 Å². The van der Waals surface area contributed by atoms with Crippen LogP contribution in [-0.2, 0) is 17.1 Å². The van der Waals surface area contributed by atoms with Crippen LogP contribution in [0.1, 0.15) is 31.1 Å². The number of para-hydroxylation sites is 2. The summed E-state index contributed by atoms with van der Waals surface area (Å²) in [7, 11) is -1.87. The second-order valence-corrected chi connectivity index (χ2v) is 7.98. The minimum absolute atomic E-state index is 0.0908. The first-order chi connectivity index (χ1) is 11.6. The highest BCUT2D eigenvalue weighted by Gasteiger charge is 2.37. The third-order valence-electron chi connectivity index (χ3n) is 4.43. The van der Waals surface area contributed by atoms with E-state index in [1.54, 1.807) is 17.8 Å². The van der Waals surface area contributed by atoms with Crippen molar-refractivity contribution in [1.29, 1.82) is 0 Å². The van der Waals surface area contributed by atoms with Gasteiger partial charge in [-0.05, 0) is 25.0 Å². The quantitative estimate of drug-likeness (QED) is 0.789. The fourth-order valence-corrected chi connectivity index (χ4v) is 4.87. The Morgan fingerprint density at radius 2 is 2.08 bits per heavy atom. The maximum atomic E-state index is 13.0. The fraction of sp³-hybridized carbons (Fsp3) is 0.375. The number of piperidine rings is 1. The molecule has 24 heavy (non-hydrogen) atoms. The van der Waals surface area contributed by atoms with Gasteiger partial charge < -0.3 is 9.55 Å². The van der Waals surface area contributed by atoms with Gasteiger partial charge in [0.15, 0.2) is 5.03 Å². The zero-order chi connectivity index (χ0) is 16.7. The van der Waals surface area contributed by atoms with E-state index < -0.39 is 10.0 Å². The normalized spacial score (nSPS) is 19.8. The number of nitrogens with zero attached hydrogens (tertiary/aromatic N) is 4. The van der Waals surface area contributed by atoms with E-state index in [0.717, 1.165) is 30.3 Å². The molecule has 0 spiro atoms. The Morgan fingerprint density at radius 1 is 1.25 bits per heavy atom. The number of hydrogen-bond acceptors (Lipinski definition) is 4. The number of nitrogens with one attached hydrogen (secondary N) is 1. The minimum atomic E-state index is -3.63. The lowest BCUT2D eigenvalue weighted by atomic mass is 10.0. The summed E-state index contributed by atoms with van der Waals surface area (Å²) >= 11 is 0. The smallest absolute Gasteiger partial charge is 0.262 e. The highest BCUT2D eigenvalue weighted by atomic mass is 32.2. The van der Waals surface area contributed by atoms with Crippen LogP contribution in [0.5, 0.6) is 0 Å². The second kappa shape index (κ2) is 5.71. The van der Waals surface area contributed by atoms with Gasteiger partial charge in [-0.2, -0.15) is 4.31 Å². The number of aromatic amines is 1. The molecular formula is C16H19N5O2S. The number of imidazole rings is 2. The van der Waals surface area contributed by atoms with E-state index in [1.165, 1.54) is 10.6 Å². The van der Waals surface area contributed by atoms with Crippen LogP contribution in [0.25, 0.3) is 11.0 Å². The molecule has 4 rings (SSSR count). The van der Waals surface area contributed by atoms with Gasteiger partial charge in [-0.3, -0.25) is 0 Å². The van der Waals surface area contributed by atoms with E-state index in [2.05, 4.69) is 15.0 Å². The average molecular weight is 345 g/mol. The van der Waals surface area contributed by atoms with E-state index in [9.17, 15) is 8.42 Å². The molecule has 2 aromatic heterocycles. The van der Waals surface area contributed by atoms with Gasteiger partial charge in [-0.25, -0.2) is 18.4 Å². The topological polar surface area (TPSA) is 83.9 Å². The summed E-state index contributed by atoms with van der Waals surface area (Å²) in [4.78, 5) is 11.9. The molecule has 1 aliphatic rings. The van der Waals surface area contributed by atoms with Gasteiger partial charge in [0.05, 0.1) is 23.4 Å². The van der Waals surface area contributed by atoms with Crippen molar-refractivity contribution in [2.75, 3.05) is 6.54 Å². The third-order valence-corrected chi connectivity index (χ3v) is 6.23. The van der Waals surface area contributed by atoms with E-state index in [4.69, 9.17) is 0 Å². The number of sulfonamides is 1. The van der Waals surface area contributed by atoms with Crippen molar-refractivity contribution < 1.29 is 8.42 Å². The van der Waals surface area contributed by atoms with Crippen molar-refractivity contribution in [3.63, 3.8) is 0 Å². The summed E-state index contributed by atoms with van der Waals surface area (Å²) in [6.45, 7) is 0.487. The first kappa shape index (κ1) is 15.3. The molecule has 126 valence electrons. The minimum Gasteiger partial charge on any atom is -0.341 e. The maximum Gasteiger partial charge on any atom is 0.262 e. The van der Waals surface area contributed by atoms with Crippen LogP contribution in [0.3, 0.4) is 0 Å². The highest BCUT2D eigenvalue weighted by Crippen LogP contribution is 2.34. The Bertz CT molecular complexity index is 942. The van der Waals surface area contributed by atoms with Crippen LogP contribution in [0, 0.1) is 0 Å². The molecule has 1 aromatic carbocycles. The third kappa shape index (κ3) is 2.51. The molecular weight excluding hydrogens is 326 g/mol. The van der Waals surface area contributed by atoms with Crippen molar-refractivity contribution in [3.8, 4) is 0 Å². The number of H-pyrrole nitrogens is 1. The first-order valence-corrected chi connectivity index (χ1v) is 9.44. The van der Waals surface area contributed by atoms with Gasteiger partial charge in [0.25, 0.3) is 10.0 Å². The lowest BCUT2D eigenvalue weighted by Gasteiger charge is -2.32. The molecule has 0 unspecified atom stereocenters. The van der Waals surface area contributed by atoms with Crippen molar-refractivity contribution >= 4 is 21.1 Å². The summed E-state index contributed by atoms with van der Waals surface area (Å²) in [6, 6.07) is 7.46. The zero-order valence-electron chi connectivity index (χ0n) is 13.4. The molecule has 1 fully saturated rings. The van der Waals surface area contributed by atoms with Gasteiger partial charge in [0.2, 0.25) is 0 Å². The van der Waals surface area contributed by atoms with E-state index in [0.29, 0.717) is 12.4 Å². The maximum absolute atomic E-state index is 13.0. The van der Waals surface area contributed by atoms with Crippen LogP contribution in [0.4, 0.5) is 0 Å². The molecule has 7 nitrogen and oxygen atoms in total. The van der Waals surface area contributed by atoms with Gasteiger partial charge in [0, 0.05) is 19.8 Å². The summed E-state index contributed by atoms with van der Waals surface area (Å²) < 4.78 is 29.2. The van der Waals surface area contributed by atoms with Crippen molar-refractivity contribution in [3.05, 3.63) is 42.6 Å². The summed E-state index contributed by atoms with van der Waals surface area (Å²) in [5.74, 6) is 0.704. The molecule has 3 heterocycles. The standard InChI is InChI=1S/C16H19N5O2S/c1-20-10-15(17-11-20)24(22,23)21-9-5-4-8-14(21)16-18-12-6-2-3-7-13(12)19-16/h2-3,6-7,10-11,14H,4-5,8-9H2,1H3,(H,18,19)/t14-/m1/s1. The molecule has 1 N–H and O–H groups in total. The molecule has 0 saturated carbocycles. The van der Waals surface area contributed by atoms with Crippen molar-refractivity contribution in [2.45, 2.75) is 30.3 Å². The Morgan fingerprint density at radius 3 is 2.83 bits per heavy atom. The van der Waals surface area contributed by atoms with E-state index in [1.807, 2.05) is 24.3 Å². The Labute approximate surface area is 140 Å². The number of benzene rings is 1. The number of aromatic nitrogens is 4. The van der Waals surface area contributed by atoms with Gasteiger partial charge in [-0.15, -0.1) is 0 Å². The summed E-state index contributed by atoms with van der Waals surface area (Å²) in [5, 5.41) is 0.0908. The van der Waals surface area contributed by atoms with Crippen LogP contribution >= 0.6 is 0 Å². The molecule has 8 heteroatoms. The SMILES string of the molecule is Cn1cnc(S(=O)(=O)N2CCCC[C@@H]2c2nc3ccccc3[nH]2)c1. The predicted molar refractivity (Wildman–Crippen MR) is 89.8 cm³/mol. The Kier molecular flexibility index (Phi) is 3.65. The van der Waals surface area contributed by atoms with Crippen LogP contribution in [-0.4, -0.2) is 38.8 Å². The Hall–Kier alpha value is -2.19. The van der Waals surface area contributed by atoms with Crippen LogP contribution < -0.4 is 0 Å². The number of fused-ring (bicyclic) bond motifs is 1. The molecule has 1 atom stereocenters. The lowest BCUT2D eigenvalue weighted by molar-refractivity contribution is 0.247. The lowest BCUT2D eigenvalue weighted by Crippen LogP contribution is -2.39. The molecule has 1 aliphatic heterocycles. The first-order valence-electron chi connectivity index (χ1n) is 8.00. The molecule has 1 saturated heterocycles. The van der Waals surface area contributed by atoms with E-state index >= 15 is 0 Å². The largest absolute Gasteiger partial charge is 0.341 e. The van der Waals surface area contributed by atoms with Crippen LogP contribution in [0.15, 0.2) is 41.8 Å². The van der Waals surface area contributed by atoms with Gasteiger partial charge >= 0.3 is 0 Å². The van der Waals surface area contributed by atoms with E-state index in [-0.39, 0.29) is 11.1 Å². The van der Waals surface area contributed by atoms with Crippen LogP contribution in [0.2, 0.25) is 0 Å². The number of hydrogen-bond donors (Lipinski definition) is 1. The molecule has 0 bridgehead atoms. The Balaban J connectivity index is 1.75. The second-order valence-electron chi connectivity index (χ2n) is 6.14. The monoisotopic (exact) mass is 345 g/mol. The molecule has 3 aromatic rings. The number of aryl methyl sites for hydroxylation is 1. The molecule has 0 amide bonds. The fourth-order valence-electron chi connectivity index (χ4n) is 3.24. The van der Waals surface area contributed by atoms with Crippen molar-refractivity contribution in [2.24, 2.45) is 7.05 Å². The average Bonchev–Trinajstić information content (AvgIpc) is 3.21. The van der Waals surface area contributed by atoms with Gasteiger partial charge in [0.1, 0.15) is 5.82 Å². The number of rotatable bonds is 3. The highest BCUT2D eigenvalue weighted by molar-refractivity contribution is 7.89. The zero-order valence-corrected chi connectivity index (χ0v) is 14.2. The summed E-state index contributed by atoms with van der Waals surface area (Å²) in [6.07, 6.45) is 5.64. The molecule has 0 aliphatic carbocycles. The van der Waals surface area contributed by atoms with Crippen molar-refractivity contribution in [1.82, 2.24) is 23.8 Å². The predicted octanol–water partition coefficient (Wildman–Crippen LogP) is 2.21. The summed E-state index contributed by atoms with van der Waals surface area (Å²) in [5.41, 5.74) is 1.78.